The van der Waals surface area contributed by atoms with E-state index < -0.39 is 12.0 Å². The summed E-state index contributed by atoms with van der Waals surface area (Å²) in [6, 6.07) is 7.11. The summed E-state index contributed by atoms with van der Waals surface area (Å²) in [5, 5.41) is 17.1. The molecule has 4 nitrogen and oxygen atoms in total. The first-order valence-electron chi connectivity index (χ1n) is 3.63. The van der Waals surface area contributed by atoms with Gasteiger partial charge in [-0.3, -0.25) is 4.79 Å². The Morgan fingerprint density at radius 1 is 1.62 bits per heavy atom. The zero-order chi connectivity index (χ0) is 9.84. The van der Waals surface area contributed by atoms with Crippen molar-refractivity contribution in [2.45, 2.75) is 6.04 Å². The minimum absolute atomic E-state index is 0.411. The summed E-state index contributed by atoms with van der Waals surface area (Å²) in [5.74, 6) is -1.10. The lowest BCUT2D eigenvalue weighted by atomic mass is 10.1. The first-order valence-corrected chi connectivity index (χ1v) is 3.63. The van der Waals surface area contributed by atoms with Crippen molar-refractivity contribution in [3.8, 4) is 6.07 Å². The molecule has 0 aliphatic heterocycles. The van der Waals surface area contributed by atoms with E-state index in [1.165, 1.54) is 6.07 Å². The van der Waals surface area contributed by atoms with Gasteiger partial charge in [-0.05, 0) is 17.7 Å². The van der Waals surface area contributed by atoms with Crippen LogP contribution in [0.3, 0.4) is 0 Å². The third-order valence-corrected chi connectivity index (χ3v) is 1.64. The largest absolute Gasteiger partial charge is 0.480 e. The smallest absolute Gasteiger partial charge is 0.325 e. The summed E-state index contributed by atoms with van der Waals surface area (Å²) in [4.78, 5) is 10.5. The van der Waals surface area contributed by atoms with Gasteiger partial charge in [0, 0.05) is 0 Å². The van der Waals surface area contributed by atoms with E-state index in [9.17, 15) is 4.79 Å². The number of carboxylic acids is 1. The second-order valence-corrected chi connectivity index (χ2v) is 2.55. The highest BCUT2D eigenvalue weighted by atomic mass is 16.4. The Morgan fingerprint density at radius 3 is 2.85 bits per heavy atom. The van der Waals surface area contributed by atoms with Gasteiger partial charge in [-0.25, -0.2) is 0 Å². The molecular weight excluding hydrogens is 168 g/mol. The van der Waals surface area contributed by atoms with E-state index in [0.29, 0.717) is 11.1 Å². The highest BCUT2D eigenvalue weighted by Gasteiger charge is 2.13. The van der Waals surface area contributed by atoms with Gasteiger partial charge in [0.2, 0.25) is 0 Å². The van der Waals surface area contributed by atoms with Gasteiger partial charge < -0.3 is 10.8 Å². The number of benzene rings is 1. The van der Waals surface area contributed by atoms with Crippen molar-refractivity contribution in [2.75, 3.05) is 0 Å². The van der Waals surface area contributed by atoms with Gasteiger partial charge in [-0.15, -0.1) is 0 Å². The normalized spacial score (nSPS) is 11.7. The minimum atomic E-state index is -1.10. The van der Waals surface area contributed by atoms with Gasteiger partial charge >= 0.3 is 5.97 Å². The lowest BCUT2D eigenvalue weighted by Crippen LogP contribution is -2.20. The van der Waals surface area contributed by atoms with Gasteiger partial charge in [0.15, 0.2) is 0 Å². The average molecular weight is 176 g/mol. The van der Waals surface area contributed by atoms with Crippen LogP contribution in [0.25, 0.3) is 0 Å². The number of carbonyl (C=O) groups is 1. The molecule has 0 saturated heterocycles. The molecule has 4 heteroatoms. The van der Waals surface area contributed by atoms with Crippen LogP contribution in [0.4, 0.5) is 0 Å². The fourth-order valence-electron chi connectivity index (χ4n) is 0.944. The molecule has 0 aromatic heterocycles. The summed E-state index contributed by atoms with van der Waals surface area (Å²) in [6.45, 7) is 0. The van der Waals surface area contributed by atoms with Gasteiger partial charge in [-0.2, -0.15) is 5.26 Å². The van der Waals surface area contributed by atoms with Crippen LogP contribution < -0.4 is 5.73 Å². The molecule has 1 atom stereocenters. The topological polar surface area (TPSA) is 87.1 Å². The van der Waals surface area contributed by atoms with Crippen LogP contribution in [0.2, 0.25) is 0 Å². The Hall–Kier alpha value is -1.86. The summed E-state index contributed by atoms with van der Waals surface area (Å²) < 4.78 is 0. The summed E-state index contributed by atoms with van der Waals surface area (Å²) in [7, 11) is 0. The van der Waals surface area contributed by atoms with E-state index >= 15 is 0 Å². The Morgan fingerprint density at radius 2 is 2.31 bits per heavy atom. The molecular formula is C9H8N2O2. The van der Waals surface area contributed by atoms with Crippen molar-refractivity contribution in [2.24, 2.45) is 5.73 Å². The standard InChI is InChI=1S/C9H8N2O2/c10-5-6-2-1-3-7(4-6)8(11)9(12)13/h1-4,8H,11H2,(H,12,13)/t8-/m0/s1. The van der Waals surface area contributed by atoms with Gasteiger partial charge in [0.1, 0.15) is 6.04 Å². The van der Waals surface area contributed by atoms with Crippen molar-refractivity contribution in [1.29, 1.82) is 5.26 Å². The molecule has 0 heterocycles. The maximum Gasteiger partial charge on any atom is 0.325 e. The zero-order valence-electron chi connectivity index (χ0n) is 6.77. The van der Waals surface area contributed by atoms with E-state index in [1.54, 1.807) is 18.2 Å². The molecule has 13 heavy (non-hydrogen) atoms. The average Bonchev–Trinajstić information content (AvgIpc) is 2.16. The van der Waals surface area contributed by atoms with Gasteiger partial charge in [0.05, 0.1) is 11.6 Å². The highest BCUT2D eigenvalue weighted by Crippen LogP contribution is 2.11. The first-order chi connectivity index (χ1) is 6.15. The predicted octanol–water partition coefficient (Wildman–Crippen LogP) is 0.643. The number of carboxylic acid groups (broad SMARTS) is 1. The van der Waals surface area contributed by atoms with E-state index in [-0.39, 0.29) is 0 Å². The van der Waals surface area contributed by atoms with Gasteiger partial charge in [-0.1, -0.05) is 12.1 Å². The van der Waals surface area contributed by atoms with E-state index in [4.69, 9.17) is 16.1 Å². The van der Waals surface area contributed by atoms with Crippen molar-refractivity contribution < 1.29 is 9.90 Å². The van der Waals surface area contributed by atoms with Gasteiger partial charge in [0.25, 0.3) is 0 Å². The first kappa shape index (κ1) is 9.23. The van der Waals surface area contributed by atoms with Crippen molar-refractivity contribution in [1.82, 2.24) is 0 Å². The van der Waals surface area contributed by atoms with Crippen LogP contribution in [0.15, 0.2) is 24.3 Å². The molecule has 0 radical (unpaired) electrons. The van der Waals surface area contributed by atoms with E-state index in [0.717, 1.165) is 0 Å². The Labute approximate surface area is 75.2 Å². The Bertz CT molecular complexity index is 368. The monoisotopic (exact) mass is 176 g/mol. The second kappa shape index (κ2) is 3.70. The summed E-state index contributed by atoms with van der Waals surface area (Å²) >= 11 is 0. The molecule has 66 valence electrons. The van der Waals surface area contributed by atoms with Crippen LogP contribution in [-0.2, 0) is 4.79 Å². The molecule has 0 fully saturated rings. The maximum atomic E-state index is 10.5. The van der Waals surface area contributed by atoms with Crippen LogP contribution in [0.1, 0.15) is 17.2 Å². The Kier molecular flexibility index (Phi) is 2.62. The Balaban J connectivity index is 3.03. The molecule has 0 unspecified atom stereocenters. The highest BCUT2D eigenvalue weighted by molar-refractivity contribution is 5.75. The number of rotatable bonds is 2. The van der Waals surface area contributed by atoms with Crippen molar-refractivity contribution in [3.05, 3.63) is 35.4 Å². The van der Waals surface area contributed by atoms with Crippen LogP contribution in [0.5, 0.6) is 0 Å². The molecule has 0 aliphatic carbocycles. The number of nitrogens with two attached hydrogens (primary N) is 1. The third-order valence-electron chi connectivity index (χ3n) is 1.64. The zero-order valence-corrected chi connectivity index (χ0v) is 6.77. The molecule has 0 bridgehead atoms. The molecule has 0 spiro atoms. The van der Waals surface area contributed by atoms with Crippen LogP contribution in [0, 0.1) is 11.3 Å². The number of hydrogen-bond acceptors (Lipinski definition) is 3. The van der Waals surface area contributed by atoms with Crippen LogP contribution in [-0.4, -0.2) is 11.1 Å². The molecule has 0 amide bonds. The van der Waals surface area contributed by atoms with E-state index in [1.807, 2.05) is 6.07 Å². The summed E-state index contributed by atoms with van der Waals surface area (Å²) in [6.07, 6.45) is 0. The molecule has 1 aromatic rings. The lowest BCUT2D eigenvalue weighted by Gasteiger charge is -2.05. The SMILES string of the molecule is N#Cc1cccc([C@H](N)C(=O)O)c1. The number of hydrogen-bond donors (Lipinski definition) is 2. The second-order valence-electron chi connectivity index (χ2n) is 2.55. The molecule has 1 aromatic carbocycles. The van der Waals surface area contributed by atoms with Crippen LogP contribution >= 0.6 is 0 Å². The molecule has 3 N–H and O–H groups in total. The van der Waals surface area contributed by atoms with Crippen molar-refractivity contribution >= 4 is 5.97 Å². The number of aliphatic carboxylic acids is 1. The summed E-state index contributed by atoms with van der Waals surface area (Å²) in [5.41, 5.74) is 6.20. The third kappa shape index (κ3) is 2.04. The lowest BCUT2D eigenvalue weighted by molar-refractivity contribution is -0.138. The number of nitrogens with zero attached hydrogens (tertiary/aromatic N) is 1. The molecule has 0 saturated carbocycles. The number of nitriles is 1. The maximum absolute atomic E-state index is 10.5. The fourth-order valence-corrected chi connectivity index (χ4v) is 0.944. The van der Waals surface area contributed by atoms with Crippen molar-refractivity contribution in [3.63, 3.8) is 0 Å². The fraction of sp³-hybridized carbons (Fsp3) is 0.111. The quantitative estimate of drug-likeness (QED) is 0.692. The predicted molar refractivity (Wildman–Crippen MR) is 45.7 cm³/mol. The van der Waals surface area contributed by atoms with E-state index in [2.05, 4.69) is 0 Å². The minimum Gasteiger partial charge on any atom is -0.480 e. The molecule has 0 aliphatic rings. The molecule has 1 rings (SSSR count).